The molecular weight excluding hydrogens is 430 g/mol. The number of aryl methyl sites for hydroxylation is 2. The molecule has 158 valence electrons. The Morgan fingerprint density at radius 1 is 1.16 bits per heavy atom. The van der Waals surface area contributed by atoms with Gasteiger partial charge in [-0.2, -0.15) is 0 Å². The molecule has 1 N–H and O–H groups in total. The summed E-state index contributed by atoms with van der Waals surface area (Å²) in [5.74, 6) is 1.63. The lowest BCUT2D eigenvalue weighted by molar-refractivity contribution is -0.113. The van der Waals surface area contributed by atoms with Crippen LogP contribution in [0.15, 0.2) is 59.1 Å². The highest BCUT2D eigenvalue weighted by Crippen LogP contribution is 2.27. The fourth-order valence-electron chi connectivity index (χ4n) is 3.01. The Bertz CT molecular complexity index is 1200. The molecule has 0 aliphatic rings. The zero-order chi connectivity index (χ0) is 21.8. The maximum Gasteiger partial charge on any atom is 0.236 e. The summed E-state index contributed by atoms with van der Waals surface area (Å²) >= 11 is 2.74. The minimum absolute atomic E-state index is 0.142. The number of carbonyl (C=O) groups is 1. The largest absolute Gasteiger partial charge is 0.497 e. The van der Waals surface area contributed by atoms with E-state index in [1.807, 2.05) is 66.3 Å². The zero-order valence-electron chi connectivity index (χ0n) is 17.3. The van der Waals surface area contributed by atoms with Crippen LogP contribution in [-0.4, -0.2) is 38.5 Å². The molecule has 2 heterocycles. The molecule has 0 fully saturated rings. The van der Waals surface area contributed by atoms with E-state index < -0.39 is 0 Å². The van der Waals surface area contributed by atoms with Gasteiger partial charge < -0.3 is 10.1 Å². The van der Waals surface area contributed by atoms with E-state index in [1.165, 1.54) is 23.1 Å². The molecule has 0 atom stereocenters. The Kier molecular flexibility index (Phi) is 6.34. The number of hydrogen-bond donors (Lipinski definition) is 1. The number of aromatic nitrogens is 4. The van der Waals surface area contributed by atoms with Crippen molar-refractivity contribution in [2.75, 3.05) is 18.2 Å². The number of rotatable bonds is 7. The molecule has 9 heteroatoms. The first-order valence-electron chi connectivity index (χ1n) is 9.55. The Morgan fingerprint density at radius 3 is 2.71 bits per heavy atom. The van der Waals surface area contributed by atoms with E-state index in [0.29, 0.717) is 10.3 Å². The van der Waals surface area contributed by atoms with Crippen molar-refractivity contribution in [1.29, 1.82) is 0 Å². The molecule has 0 radical (unpaired) electrons. The second-order valence-electron chi connectivity index (χ2n) is 6.81. The second-order valence-corrected chi connectivity index (χ2v) is 8.61. The van der Waals surface area contributed by atoms with Gasteiger partial charge in [0.25, 0.3) is 0 Å². The Hall–Kier alpha value is -3.17. The monoisotopic (exact) mass is 451 g/mol. The minimum atomic E-state index is -0.142. The molecule has 31 heavy (non-hydrogen) atoms. The maximum absolute atomic E-state index is 12.5. The van der Waals surface area contributed by atoms with Crippen LogP contribution in [0.4, 0.5) is 5.13 Å². The van der Waals surface area contributed by atoms with Crippen molar-refractivity contribution in [3.8, 4) is 22.7 Å². The predicted octanol–water partition coefficient (Wildman–Crippen LogP) is 4.75. The number of benzene rings is 2. The summed E-state index contributed by atoms with van der Waals surface area (Å²) in [6, 6.07) is 15.8. The molecular formula is C22H21N5O2S2. The fraction of sp³-hybridized carbons (Fsp3) is 0.182. The topological polar surface area (TPSA) is 81.9 Å². The number of anilines is 1. The first kappa shape index (κ1) is 21.1. The SMILES string of the molecule is COc1ccc(-c2csc(NC(=O)CSc3nnc(C)n3-c3cccc(C)c3)n2)cc1. The molecule has 0 saturated heterocycles. The first-order chi connectivity index (χ1) is 15.0. The van der Waals surface area contributed by atoms with Crippen LogP contribution >= 0.6 is 23.1 Å². The lowest BCUT2D eigenvalue weighted by atomic mass is 10.2. The predicted molar refractivity (Wildman–Crippen MR) is 124 cm³/mol. The van der Waals surface area contributed by atoms with Gasteiger partial charge in [0.1, 0.15) is 11.6 Å². The standard InChI is InChI=1S/C22H21N5O2S2/c1-14-5-4-6-17(11-14)27-15(2)25-26-22(27)31-13-20(28)24-21-23-19(12-30-21)16-7-9-18(29-3)10-8-16/h4-12H,13H2,1-3H3,(H,23,24,28). The molecule has 0 spiro atoms. The van der Waals surface area contributed by atoms with Gasteiger partial charge in [-0.3, -0.25) is 9.36 Å². The quantitative estimate of drug-likeness (QED) is 0.409. The average molecular weight is 452 g/mol. The van der Waals surface area contributed by atoms with Crippen molar-refractivity contribution in [2.45, 2.75) is 19.0 Å². The van der Waals surface area contributed by atoms with Crippen molar-refractivity contribution >= 4 is 34.1 Å². The molecule has 1 amide bonds. The Balaban J connectivity index is 1.40. The van der Waals surface area contributed by atoms with Crippen LogP contribution in [0.2, 0.25) is 0 Å². The molecule has 7 nitrogen and oxygen atoms in total. The van der Waals surface area contributed by atoms with Crippen molar-refractivity contribution < 1.29 is 9.53 Å². The number of nitrogens with zero attached hydrogens (tertiary/aromatic N) is 4. The number of ether oxygens (including phenoxy) is 1. The fourth-order valence-corrected chi connectivity index (χ4v) is 4.55. The van der Waals surface area contributed by atoms with Crippen LogP contribution in [0.25, 0.3) is 16.9 Å². The summed E-state index contributed by atoms with van der Waals surface area (Å²) < 4.78 is 7.14. The van der Waals surface area contributed by atoms with Crippen LogP contribution < -0.4 is 10.1 Å². The van der Waals surface area contributed by atoms with Crippen LogP contribution in [0.1, 0.15) is 11.4 Å². The number of thiazole rings is 1. The molecule has 0 aliphatic heterocycles. The van der Waals surface area contributed by atoms with E-state index >= 15 is 0 Å². The normalized spacial score (nSPS) is 10.8. The van der Waals surface area contributed by atoms with E-state index in [-0.39, 0.29) is 11.7 Å². The highest BCUT2D eigenvalue weighted by molar-refractivity contribution is 7.99. The van der Waals surface area contributed by atoms with E-state index in [0.717, 1.165) is 34.1 Å². The van der Waals surface area contributed by atoms with Gasteiger partial charge >= 0.3 is 0 Å². The van der Waals surface area contributed by atoms with Gasteiger partial charge in [0, 0.05) is 16.6 Å². The Labute approximate surface area is 188 Å². The van der Waals surface area contributed by atoms with Gasteiger partial charge in [0.05, 0.1) is 18.6 Å². The summed E-state index contributed by atoms with van der Waals surface area (Å²) in [6.45, 7) is 3.94. The van der Waals surface area contributed by atoms with Gasteiger partial charge in [-0.1, -0.05) is 23.9 Å². The summed E-state index contributed by atoms with van der Waals surface area (Å²) in [5.41, 5.74) is 3.91. The molecule has 0 unspecified atom stereocenters. The average Bonchev–Trinajstić information content (AvgIpc) is 3.38. The highest BCUT2D eigenvalue weighted by Gasteiger charge is 2.14. The third kappa shape index (κ3) is 4.95. The van der Waals surface area contributed by atoms with Gasteiger partial charge in [-0.15, -0.1) is 21.5 Å². The van der Waals surface area contributed by atoms with Crippen LogP contribution in [0.3, 0.4) is 0 Å². The van der Waals surface area contributed by atoms with E-state index in [9.17, 15) is 4.79 Å². The van der Waals surface area contributed by atoms with E-state index in [1.54, 1.807) is 7.11 Å². The van der Waals surface area contributed by atoms with Crippen LogP contribution in [0, 0.1) is 13.8 Å². The molecule has 0 bridgehead atoms. The summed E-state index contributed by atoms with van der Waals surface area (Å²) in [4.78, 5) is 17.0. The molecule has 0 saturated carbocycles. The Morgan fingerprint density at radius 2 is 1.97 bits per heavy atom. The van der Waals surface area contributed by atoms with Gasteiger partial charge in [0.15, 0.2) is 10.3 Å². The number of thioether (sulfide) groups is 1. The molecule has 2 aromatic heterocycles. The number of amides is 1. The maximum atomic E-state index is 12.5. The lowest BCUT2D eigenvalue weighted by Crippen LogP contribution is -2.14. The lowest BCUT2D eigenvalue weighted by Gasteiger charge is -2.09. The summed E-state index contributed by atoms with van der Waals surface area (Å²) in [5, 5.41) is 14.4. The van der Waals surface area contributed by atoms with Crippen molar-refractivity contribution in [1.82, 2.24) is 19.7 Å². The number of carbonyl (C=O) groups excluding carboxylic acids is 1. The minimum Gasteiger partial charge on any atom is -0.497 e. The zero-order valence-corrected chi connectivity index (χ0v) is 19.0. The molecule has 4 rings (SSSR count). The molecule has 2 aromatic carbocycles. The van der Waals surface area contributed by atoms with E-state index in [4.69, 9.17) is 4.74 Å². The van der Waals surface area contributed by atoms with Crippen molar-refractivity contribution in [3.05, 3.63) is 65.3 Å². The summed E-state index contributed by atoms with van der Waals surface area (Å²) in [6.07, 6.45) is 0. The van der Waals surface area contributed by atoms with Gasteiger partial charge in [0.2, 0.25) is 5.91 Å². The molecule has 0 aliphatic carbocycles. The number of hydrogen-bond acceptors (Lipinski definition) is 7. The molecule has 4 aromatic rings. The summed E-state index contributed by atoms with van der Waals surface area (Å²) in [7, 11) is 1.63. The third-order valence-electron chi connectivity index (χ3n) is 4.52. The van der Waals surface area contributed by atoms with Gasteiger partial charge in [-0.25, -0.2) is 4.98 Å². The number of nitrogens with one attached hydrogen (secondary N) is 1. The smallest absolute Gasteiger partial charge is 0.236 e. The van der Waals surface area contributed by atoms with Crippen molar-refractivity contribution in [3.63, 3.8) is 0 Å². The third-order valence-corrected chi connectivity index (χ3v) is 6.21. The van der Waals surface area contributed by atoms with Crippen molar-refractivity contribution in [2.24, 2.45) is 0 Å². The second kappa shape index (κ2) is 9.32. The van der Waals surface area contributed by atoms with Crippen LogP contribution in [-0.2, 0) is 4.79 Å². The first-order valence-corrected chi connectivity index (χ1v) is 11.4. The van der Waals surface area contributed by atoms with E-state index in [2.05, 4.69) is 26.6 Å². The highest BCUT2D eigenvalue weighted by atomic mass is 32.2. The van der Waals surface area contributed by atoms with Gasteiger partial charge in [-0.05, 0) is 55.8 Å². The van der Waals surface area contributed by atoms with Crippen LogP contribution in [0.5, 0.6) is 5.75 Å². The number of methoxy groups -OCH3 is 1.